The minimum absolute atomic E-state index is 0.156. The molecular formula is C18H35NO. The first-order chi connectivity index (χ1) is 9.78. The lowest BCUT2D eigenvalue weighted by Gasteiger charge is -2.43. The highest BCUT2D eigenvalue weighted by Gasteiger charge is 2.37. The standard InChI is InChI=1S/C18H35NO/c1-3-14-19-15-18(12-10-16(4-2)11-13-18)20-17-8-6-5-7-9-17/h16-17,19H,3-15H2,1-2H3. The largest absolute Gasteiger partial charge is 0.370 e. The van der Waals surface area contributed by atoms with Crippen molar-refractivity contribution in [3.63, 3.8) is 0 Å². The molecule has 2 aliphatic rings. The summed E-state index contributed by atoms with van der Waals surface area (Å²) in [5.74, 6) is 0.948. The molecule has 0 amide bonds. The van der Waals surface area contributed by atoms with Gasteiger partial charge in [-0.25, -0.2) is 0 Å². The molecule has 0 heterocycles. The summed E-state index contributed by atoms with van der Waals surface area (Å²) >= 11 is 0. The van der Waals surface area contributed by atoms with Gasteiger partial charge < -0.3 is 10.1 Å². The lowest BCUT2D eigenvalue weighted by Crippen LogP contribution is -2.48. The Morgan fingerprint density at radius 3 is 2.30 bits per heavy atom. The molecule has 1 N–H and O–H groups in total. The molecule has 0 saturated heterocycles. The maximum Gasteiger partial charge on any atom is 0.0810 e. The number of ether oxygens (including phenoxy) is 1. The van der Waals surface area contributed by atoms with Crippen molar-refractivity contribution in [1.82, 2.24) is 5.32 Å². The molecule has 118 valence electrons. The van der Waals surface area contributed by atoms with Gasteiger partial charge in [0.15, 0.2) is 0 Å². The van der Waals surface area contributed by atoms with E-state index in [0.29, 0.717) is 6.10 Å². The maximum absolute atomic E-state index is 6.70. The lowest BCUT2D eigenvalue weighted by atomic mass is 9.77. The molecule has 2 nitrogen and oxygen atoms in total. The summed E-state index contributed by atoms with van der Waals surface area (Å²) in [7, 11) is 0. The van der Waals surface area contributed by atoms with Gasteiger partial charge in [0.25, 0.3) is 0 Å². The molecule has 0 bridgehead atoms. The zero-order chi connectivity index (χ0) is 14.3. The van der Waals surface area contributed by atoms with Crippen molar-refractivity contribution >= 4 is 0 Å². The van der Waals surface area contributed by atoms with Crippen LogP contribution in [0.2, 0.25) is 0 Å². The topological polar surface area (TPSA) is 21.3 Å². The Kier molecular flexibility index (Phi) is 6.83. The van der Waals surface area contributed by atoms with Gasteiger partial charge in [-0.1, -0.05) is 39.5 Å². The van der Waals surface area contributed by atoms with Crippen molar-refractivity contribution in [2.75, 3.05) is 13.1 Å². The Balaban J connectivity index is 1.89. The molecule has 2 saturated carbocycles. The minimum Gasteiger partial charge on any atom is -0.370 e. The summed E-state index contributed by atoms with van der Waals surface area (Å²) in [5.41, 5.74) is 0.156. The van der Waals surface area contributed by atoms with E-state index in [2.05, 4.69) is 19.2 Å². The van der Waals surface area contributed by atoms with Gasteiger partial charge in [-0.2, -0.15) is 0 Å². The Hall–Kier alpha value is -0.0800. The van der Waals surface area contributed by atoms with Gasteiger partial charge >= 0.3 is 0 Å². The van der Waals surface area contributed by atoms with Crippen LogP contribution in [0, 0.1) is 5.92 Å². The van der Waals surface area contributed by atoms with E-state index in [-0.39, 0.29) is 5.60 Å². The van der Waals surface area contributed by atoms with E-state index < -0.39 is 0 Å². The molecule has 2 fully saturated rings. The molecule has 0 aromatic heterocycles. The minimum atomic E-state index is 0.156. The molecule has 0 atom stereocenters. The summed E-state index contributed by atoms with van der Waals surface area (Å²) in [6.45, 7) is 6.80. The number of rotatable bonds is 7. The maximum atomic E-state index is 6.70. The Morgan fingerprint density at radius 1 is 1.00 bits per heavy atom. The second-order valence-corrected chi connectivity index (χ2v) is 7.09. The predicted octanol–water partition coefficient (Wildman–Crippen LogP) is 4.67. The zero-order valence-corrected chi connectivity index (χ0v) is 13.8. The SMILES string of the molecule is CCCNCC1(OC2CCCCC2)CCC(CC)CC1. The van der Waals surface area contributed by atoms with Crippen LogP contribution in [0.1, 0.15) is 84.5 Å². The monoisotopic (exact) mass is 281 g/mol. The van der Waals surface area contributed by atoms with Crippen molar-refractivity contribution < 1.29 is 4.74 Å². The Bertz CT molecular complexity index is 247. The van der Waals surface area contributed by atoms with Crippen molar-refractivity contribution in [2.24, 2.45) is 5.92 Å². The van der Waals surface area contributed by atoms with Gasteiger partial charge in [-0.05, 0) is 57.4 Å². The average Bonchev–Trinajstić information content (AvgIpc) is 2.49. The van der Waals surface area contributed by atoms with Crippen LogP contribution in [-0.4, -0.2) is 24.8 Å². The summed E-state index contributed by atoms with van der Waals surface area (Å²) in [4.78, 5) is 0. The molecule has 0 radical (unpaired) electrons. The quantitative estimate of drug-likeness (QED) is 0.684. The molecule has 0 aromatic carbocycles. The summed E-state index contributed by atoms with van der Waals surface area (Å²) in [5, 5.41) is 3.64. The molecule has 0 aromatic rings. The van der Waals surface area contributed by atoms with Crippen LogP contribution in [0.5, 0.6) is 0 Å². The summed E-state index contributed by atoms with van der Waals surface area (Å²) in [6, 6.07) is 0. The fourth-order valence-electron chi connectivity index (χ4n) is 3.98. The number of nitrogens with one attached hydrogen (secondary N) is 1. The summed E-state index contributed by atoms with van der Waals surface area (Å²) in [6.07, 6.45) is 15.2. The highest BCUT2D eigenvalue weighted by molar-refractivity contribution is 4.90. The van der Waals surface area contributed by atoms with E-state index in [9.17, 15) is 0 Å². The van der Waals surface area contributed by atoms with E-state index in [1.165, 1.54) is 70.6 Å². The van der Waals surface area contributed by atoms with Crippen molar-refractivity contribution in [3.8, 4) is 0 Å². The van der Waals surface area contributed by atoms with Crippen molar-refractivity contribution in [1.29, 1.82) is 0 Å². The smallest absolute Gasteiger partial charge is 0.0810 e. The molecular weight excluding hydrogens is 246 g/mol. The Morgan fingerprint density at radius 2 is 1.70 bits per heavy atom. The number of hydrogen-bond donors (Lipinski definition) is 1. The second-order valence-electron chi connectivity index (χ2n) is 7.09. The Labute approximate surface area is 126 Å². The van der Waals surface area contributed by atoms with Crippen LogP contribution in [0.15, 0.2) is 0 Å². The van der Waals surface area contributed by atoms with E-state index in [0.717, 1.165) is 19.0 Å². The summed E-state index contributed by atoms with van der Waals surface area (Å²) < 4.78 is 6.70. The fraction of sp³-hybridized carbons (Fsp3) is 1.00. The van der Waals surface area contributed by atoms with Gasteiger partial charge in [0.2, 0.25) is 0 Å². The van der Waals surface area contributed by atoms with Crippen molar-refractivity contribution in [2.45, 2.75) is 96.2 Å². The van der Waals surface area contributed by atoms with Crippen LogP contribution in [0.3, 0.4) is 0 Å². The van der Waals surface area contributed by atoms with E-state index >= 15 is 0 Å². The van der Waals surface area contributed by atoms with Gasteiger partial charge in [-0.3, -0.25) is 0 Å². The molecule has 2 heteroatoms. The van der Waals surface area contributed by atoms with E-state index in [1.807, 2.05) is 0 Å². The lowest BCUT2D eigenvalue weighted by molar-refractivity contribution is -0.127. The molecule has 2 aliphatic carbocycles. The second kappa shape index (κ2) is 8.38. The van der Waals surface area contributed by atoms with E-state index in [1.54, 1.807) is 0 Å². The fourth-order valence-corrected chi connectivity index (χ4v) is 3.98. The van der Waals surface area contributed by atoms with Crippen LogP contribution < -0.4 is 5.32 Å². The van der Waals surface area contributed by atoms with Gasteiger partial charge in [-0.15, -0.1) is 0 Å². The molecule has 0 aliphatic heterocycles. The highest BCUT2D eigenvalue weighted by Crippen LogP contribution is 2.38. The van der Waals surface area contributed by atoms with Crippen LogP contribution in [-0.2, 0) is 4.74 Å². The van der Waals surface area contributed by atoms with E-state index in [4.69, 9.17) is 4.74 Å². The molecule has 0 spiro atoms. The predicted molar refractivity (Wildman–Crippen MR) is 86.1 cm³/mol. The van der Waals surface area contributed by atoms with Gasteiger partial charge in [0, 0.05) is 6.54 Å². The van der Waals surface area contributed by atoms with Crippen LogP contribution in [0.4, 0.5) is 0 Å². The highest BCUT2D eigenvalue weighted by atomic mass is 16.5. The third-order valence-electron chi connectivity index (χ3n) is 5.44. The third kappa shape index (κ3) is 4.73. The first-order valence-electron chi connectivity index (χ1n) is 9.16. The van der Waals surface area contributed by atoms with Crippen molar-refractivity contribution in [3.05, 3.63) is 0 Å². The van der Waals surface area contributed by atoms with Gasteiger partial charge in [0.05, 0.1) is 11.7 Å². The zero-order valence-electron chi connectivity index (χ0n) is 13.8. The normalized spacial score (nSPS) is 32.4. The molecule has 20 heavy (non-hydrogen) atoms. The number of hydrogen-bond acceptors (Lipinski definition) is 2. The molecule has 0 unspecified atom stereocenters. The van der Waals surface area contributed by atoms with Crippen LogP contribution >= 0.6 is 0 Å². The first-order valence-corrected chi connectivity index (χ1v) is 9.16. The van der Waals surface area contributed by atoms with Gasteiger partial charge in [0.1, 0.15) is 0 Å². The van der Waals surface area contributed by atoms with Crippen LogP contribution in [0.25, 0.3) is 0 Å². The third-order valence-corrected chi connectivity index (χ3v) is 5.44. The average molecular weight is 281 g/mol. The molecule has 2 rings (SSSR count). The first kappa shape index (κ1) is 16.3.